The summed E-state index contributed by atoms with van der Waals surface area (Å²) < 4.78 is 27.3. The predicted octanol–water partition coefficient (Wildman–Crippen LogP) is 2.49. The standard InChI is InChI=1S/C13H23ClN2O2S2/c1-5-16(11(2)10-15(3)4)20(17,18)13-7-6-12(19-13)8-9-14/h6-7,11H,5,8-10H2,1-4H3. The number of aryl methyl sites for hydroxylation is 1. The van der Waals surface area contributed by atoms with Crippen molar-refractivity contribution < 1.29 is 8.42 Å². The Morgan fingerprint density at radius 1 is 1.35 bits per heavy atom. The van der Waals surface area contributed by atoms with Gasteiger partial charge in [0.2, 0.25) is 0 Å². The quantitative estimate of drug-likeness (QED) is 0.684. The fourth-order valence-corrected chi connectivity index (χ4v) is 5.61. The second kappa shape index (κ2) is 7.75. The van der Waals surface area contributed by atoms with Gasteiger partial charge in [0.1, 0.15) is 4.21 Å². The van der Waals surface area contributed by atoms with Crippen LogP contribution in [-0.2, 0) is 16.4 Å². The zero-order chi connectivity index (χ0) is 15.3. The highest BCUT2D eigenvalue weighted by Gasteiger charge is 2.29. The van der Waals surface area contributed by atoms with Crippen LogP contribution in [0.2, 0.25) is 0 Å². The van der Waals surface area contributed by atoms with E-state index >= 15 is 0 Å². The smallest absolute Gasteiger partial charge is 0.252 e. The first-order chi connectivity index (χ1) is 9.32. The third kappa shape index (κ3) is 4.43. The number of halogens is 1. The maximum atomic E-state index is 12.7. The summed E-state index contributed by atoms with van der Waals surface area (Å²) in [4.78, 5) is 3.01. The van der Waals surface area contributed by atoms with Crippen molar-refractivity contribution in [2.75, 3.05) is 33.1 Å². The van der Waals surface area contributed by atoms with Gasteiger partial charge in [0, 0.05) is 29.9 Å². The van der Waals surface area contributed by atoms with Gasteiger partial charge in [-0.1, -0.05) is 6.92 Å². The first kappa shape index (κ1) is 17.9. The van der Waals surface area contributed by atoms with Crippen LogP contribution in [0.25, 0.3) is 0 Å². The molecule has 0 aromatic carbocycles. The Morgan fingerprint density at radius 3 is 2.50 bits per heavy atom. The van der Waals surface area contributed by atoms with Crippen LogP contribution in [0, 0.1) is 0 Å². The summed E-state index contributed by atoms with van der Waals surface area (Å²) in [6.07, 6.45) is 0.709. The molecule has 1 atom stereocenters. The summed E-state index contributed by atoms with van der Waals surface area (Å²) in [6.45, 7) is 4.98. The van der Waals surface area contributed by atoms with Gasteiger partial charge in [0.15, 0.2) is 0 Å². The number of sulfonamides is 1. The molecule has 0 aliphatic carbocycles. The Labute approximate surface area is 131 Å². The highest BCUT2D eigenvalue weighted by atomic mass is 35.5. The molecule has 7 heteroatoms. The van der Waals surface area contributed by atoms with Crippen LogP contribution in [0.1, 0.15) is 18.7 Å². The average molecular weight is 339 g/mol. The molecule has 0 fully saturated rings. The van der Waals surface area contributed by atoms with Crippen LogP contribution in [0.15, 0.2) is 16.3 Å². The molecule has 1 heterocycles. The molecule has 0 radical (unpaired) electrons. The molecule has 116 valence electrons. The Morgan fingerprint density at radius 2 is 2.00 bits per heavy atom. The molecule has 0 N–H and O–H groups in total. The minimum absolute atomic E-state index is 0.0569. The summed E-state index contributed by atoms with van der Waals surface area (Å²) in [6, 6.07) is 3.48. The van der Waals surface area contributed by atoms with Gasteiger partial charge >= 0.3 is 0 Å². The lowest BCUT2D eigenvalue weighted by molar-refractivity contribution is 0.272. The maximum absolute atomic E-state index is 12.7. The highest BCUT2D eigenvalue weighted by Crippen LogP contribution is 2.26. The van der Waals surface area contributed by atoms with E-state index in [-0.39, 0.29) is 6.04 Å². The van der Waals surface area contributed by atoms with Crippen molar-refractivity contribution in [2.24, 2.45) is 0 Å². The summed E-state index contributed by atoms with van der Waals surface area (Å²) in [5, 5.41) is 0. The molecule has 0 spiro atoms. The number of likely N-dealkylation sites (N-methyl/N-ethyl adjacent to an activating group) is 2. The molecule has 0 aliphatic rings. The second-order valence-corrected chi connectivity index (χ2v) is 8.64. The zero-order valence-electron chi connectivity index (χ0n) is 12.5. The highest BCUT2D eigenvalue weighted by molar-refractivity contribution is 7.91. The van der Waals surface area contributed by atoms with Crippen molar-refractivity contribution in [1.29, 1.82) is 0 Å². The van der Waals surface area contributed by atoms with Crippen LogP contribution in [-0.4, -0.2) is 56.7 Å². The lowest BCUT2D eigenvalue weighted by Crippen LogP contribution is -2.43. The molecular weight excluding hydrogens is 316 g/mol. The van der Waals surface area contributed by atoms with Gasteiger partial charge in [0.05, 0.1) is 0 Å². The lowest BCUT2D eigenvalue weighted by atomic mass is 10.3. The molecule has 4 nitrogen and oxygen atoms in total. The molecular formula is C13H23ClN2O2S2. The van der Waals surface area contributed by atoms with Gasteiger partial charge in [0.25, 0.3) is 10.0 Å². The van der Waals surface area contributed by atoms with Crippen molar-refractivity contribution in [3.05, 3.63) is 17.0 Å². The third-order valence-electron chi connectivity index (χ3n) is 2.97. The van der Waals surface area contributed by atoms with E-state index < -0.39 is 10.0 Å². The Kier molecular flexibility index (Phi) is 6.94. The Bertz CT molecular complexity index is 514. The minimum Gasteiger partial charge on any atom is -0.308 e. The molecule has 0 aliphatic heterocycles. The van der Waals surface area contributed by atoms with Crippen LogP contribution in [0.5, 0.6) is 0 Å². The first-order valence-electron chi connectivity index (χ1n) is 6.64. The van der Waals surface area contributed by atoms with Gasteiger partial charge < -0.3 is 4.90 Å². The SMILES string of the molecule is CCN(C(C)CN(C)C)S(=O)(=O)c1ccc(CCCl)s1. The van der Waals surface area contributed by atoms with Crippen LogP contribution >= 0.6 is 22.9 Å². The summed E-state index contributed by atoms with van der Waals surface area (Å²) in [5.74, 6) is 0.508. The third-order valence-corrected chi connectivity index (χ3v) is 6.86. The molecule has 1 aromatic rings. The van der Waals surface area contributed by atoms with Crippen molar-refractivity contribution >= 4 is 33.0 Å². The van der Waals surface area contributed by atoms with Crippen molar-refractivity contribution in [3.8, 4) is 0 Å². The predicted molar refractivity (Wildman–Crippen MR) is 86.3 cm³/mol. The van der Waals surface area contributed by atoms with E-state index in [0.29, 0.717) is 29.6 Å². The molecule has 1 unspecified atom stereocenters. The fourth-order valence-electron chi connectivity index (χ4n) is 2.18. The lowest BCUT2D eigenvalue weighted by Gasteiger charge is -2.28. The van der Waals surface area contributed by atoms with Gasteiger partial charge in [-0.05, 0) is 39.6 Å². The number of rotatable bonds is 8. The minimum atomic E-state index is -3.41. The molecule has 0 bridgehead atoms. The van der Waals surface area contributed by atoms with E-state index in [1.165, 1.54) is 11.3 Å². The monoisotopic (exact) mass is 338 g/mol. The Balaban J connectivity index is 2.98. The van der Waals surface area contributed by atoms with Crippen LogP contribution < -0.4 is 0 Å². The van der Waals surface area contributed by atoms with E-state index in [1.807, 2.05) is 38.9 Å². The maximum Gasteiger partial charge on any atom is 0.252 e. The first-order valence-corrected chi connectivity index (χ1v) is 9.43. The van der Waals surface area contributed by atoms with E-state index in [1.54, 1.807) is 10.4 Å². The summed E-state index contributed by atoms with van der Waals surface area (Å²) in [7, 11) is 0.479. The molecule has 20 heavy (non-hydrogen) atoms. The number of alkyl halides is 1. The number of nitrogens with zero attached hydrogens (tertiary/aromatic N) is 2. The van der Waals surface area contributed by atoms with Gasteiger partial charge in [-0.2, -0.15) is 4.31 Å². The number of thiophene rings is 1. The van der Waals surface area contributed by atoms with Gasteiger partial charge in [-0.25, -0.2) is 8.42 Å². The average Bonchev–Trinajstić information content (AvgIpc) is 2.78. The number of hydrogen-bond acceptors (Lipinski definition) is 4. The number of hydrogen-bond donors (Lipinski definition) is 0. The Hall–Kier alpha value is -0.140. The van der Waals surface area contributed by atoms with E-state index in [9.17, 15) is 8.42 Å². The van der Waals surface area contributed by atoms with Crippen molar-refractivity contribution in [1.82, 2.24) is 9.21 Å². The zero-order valence-corrected chi connectivity index (χ0v) is 14.9. The largest absolute Gasteiger partial charge is 0.308 e. The van der Waals surface area contributed by atoms with E-state index in [0.717, 1.165) is 4.88 Å². The molecule has 0 saturated heterocycles. The van der Waals surface area contributed by atoms with Gasteiger partial charge in [-0.15, -0.1) is 22.9 Å². The van der Waals surface area contributed by atoms with Crippen LogP contribution in [0.3, 0.4) is 0 Å². The molecule has 1 rings (SSSR count). The topological polar surface area (TPSA) is 40.6 Å². The molecule has 0 saturated carbocycles. The second-order valence-electron chi connectivity index (χ2n) is 4.98. The van der Waals surface area contributed by atoms with Crippen LogP contribution in [0.4, 0.5) is 0 Å². The summed E-state index contributed by atoms with van der Waals surface area (Å²) >= 11 is 7.02. The normalized spacial score (nSPS) is 14.2. The van der Waals surface area contributed by atoms with E-state index in [4.69, 9.17) is 11.6 Å². The van der Waals surface area contributed by atoms with Crippen molar-refractivity contribution in [3.63, 3.8) is 0 Å². The fraction of sp³-hybridized carbons (Fsp3) is 0.692. The van der Waals surface area contributed by atoms with E-state index in [2.05, 4.69) is 0 Å². The van der Waals surface area contributed by atoms with Crippen molar-refractivity contribution in [2.45, 2.75) is 30.5 Å². The summed E-state index contributed by atoms with van der Waals surface area (Å²) in [5.41, 5.74) is 0. The molecule has 0 amide bonds. The van der Waals surface area contributed by atoms with Gasteiger partial charge in [-0.3, -0.25) is 0 Å². The molecule has 1 aromatic heterocycles.